The second kappa shape index (κ2) is 4.10. The van der Waals surface area contributed by atoms with Crippen LogP contribution in [0.2, 0.25) is 0 Å². The molecule has 0 spiro atoms. The van der Waals surface area contributed by atoms with Crippen LogP contribution in [-0.2, 0) is 0 Å². The molecule has 1 aliphatic carbocycles. The zero-order chi connectivity index (χ0) is 12.7. The van der Waals surface area contributed by atoms with Crippen LogP contribution < -0.4 is 0 Å². The van der Waals surface area contributed by atoms with Gasteiger partial charge >= 0.3 is 0 Å². The third kappa shape index (κ3) is 1.61. The minimum atomic E-state index is 1.29. The van der Waals surface area contributed by atoms with Crippen LogP contribution in [0, 0.1) is 6.42 Å². The predicted molar refractivity (Wildman–Crippen MR) is 79.8 cm³/mol. The molecule has 89 valence electrons. The van der Waals surface area contributed by atoms with Gasteiger partial charge in [0.1, 0.15) is 0 Å². The van der Waals surface area contributed by atoms with Crippen molar-refractivity contribution in [2.24, 2.45) is 0 Å². The Bertz CT molecular complexity index is 689. The molecule has 4 rings (SSSR count). The van der Waals surface area contributed by atoms with Crippen molar-refractivity contribution in [3.05, 3.63) is 90.3 Å². The average Bonchev–Trinajstić information content (AvgIpc) is 2.62. The molecule has 0 atom stereocenters. The van der Waals surface area contributed by atoms with Crippen molar-refractivity contribution in [3.8, 4) is 22.3 Å². The maximum absolute atomic E-state index is 2.28. The maximum Gasteiger partial charge on any atom is 0.0211 e. The zero-order valence-corrected chi connectivity index (χ0v) is 10.5. The summed E-state index contributed by atoms with van der Waals surface area (Å²) in [5.41, 5.74) is 7.85. The largest absolute Gasteiger partial charge is 0.0619 e. The third-order valence-corrected chi connectivity index (χ3v) is 3.74. The Kier molecular flexibility index (Phi) is 2.28. The lowest BCUT2D eigenvalue weighted by Gasteiger charge is -2.09. The summed E-state index contributed by atoms with van der Waals surface area (Å²) < 4.78 is 0. The van der Waals surface area contributed by atoms with Crippen LogP contribution in [0.25, 0.3) is 22.3 Å². The van der Waals surface area contributed by atoms with Crippen LogP contribution in [0.15, 0.2) is 72.8 Å². The monoisotopic (exact) mass is 241 g/mol. The minimum absolute atomic E-state index is 1.29. The predicted octanol–water partition coefficient (Wildman–Crippen LogP) is 4.93. The highest BCUT2D eigenvalue weighted by atomic mass is 14.2. The summed E-state index contributed by atoms with van der Waals surface area (Å²) in [6.07, 6.45) is 2.28. The second-order valence-corrected chi connectivity index (χ2v) is 4.86. The van der Waals surface area contributed by atoms with Gasteiger partial charge in [0.15, 0.2) is 0 Å². The topological polar surface area (TPSA) is 0 Å². The van der Waals surface area contributed by atoms with Crippen LogP contribution in [0.4, 0.5) is 0 Å². The molecule has 0 N–H and O–H groups in total. The molecule has 0 nitrogen and oxygen atoms in total. The van der Waals surface area contributed by atoms with Gasteiger partial charge in [-0.2, -0.15) is 0 Å². The lowest BCUT2D eigenvalue weighted by Crippen LogP contribution is -1.86. The molecule has 0 amide bonds. The smallest absolute Gasteiger partial charge is 0.0211 e. The molecule has 19 heavy (non-hydrogen) atoms. The highest BCUT2D eigenvalue weighted by Crippen LogP contribution is 2.40. The molecular formula is C19H13. The van der Waals surface area contributed by atoms with E-state index in [0.29, 0.717) is 0 Å². The summed E-state index contributed by atoms with van der Waals surface area (Å²) in [6, 6.07) is 25.9. The molecule has 0 heterocycles. The molecule has 0 heteroatoms. The summed E-state index contributed by atoms with van der Waals surface area (Å²) in [7, 11) is 0. The van der Waals surface area contributed by atoms with Gasteiger partial charge in [0, 0.05) is 6.42 Å². The molecule has 3 aromatic carbocycles. The van der Waals surface area contributed by atoms with E-state index in [4.69, 9.17) is 0 Å². The van der Waals surface area contributed by atoms with Crippen molar-refractivity contribution in [1.29, 1.82) is 0 Å². The molecule has 0 fully saturated rings. The Morgan fingerprint density at radius 2 is 0.737 bits per heavy atom. The van der Waals surface area contributed by atoms with E-state index in [1.165, 1.54) is 33.4 Å². The molecular weight excluding hydrogens is 228 g/mol. The molecule has 0 aliphatic heterocycles. The van der Waals surface area contributed by atoms with Crippen LogP contribution in [0.3, 0.4) is 0 Å². The molecule has 3 aromatic rings. The van der Waals surface area contributed by atoms with Crippen LogP contribution >= 0.6 is 0 Å². The van der Waals surface area contributed by atoms with E-state index in [2.05, 4.69) is 79.2 Å². The number of rotatable bonds is 0. The first-order valence-corrected chi connectivity index (χ1v) is 6.56. The van der Waals surface area contributed by atoms with E-state index in [9.17, 15) is 0 Å². The Morgan fingerprint density at radius 3 is 1.21 bits per heavy atom. The van der Waals surface area contributed by atoms with Gasteiger partial charge in [-0.1, -0.05) is 72.8 Å². The maximum atomic E-state index is 2.28. The molecule has 1 radical (unpaired) electrons. The lowest BCUT2D eigenvalue weighted by atomic mass is 9.95. The third-order valence-electron chi connectivity index (χ3n) is 3.74. The highest BCUT2D eigenvalue weighted by molar-refractivity contribution is 5.90. The normalized spacial score (nSPS) is 12.0. The summed E-state index contributed by atoms with van der Waals surface area (Å²) >= 11 is 0. The number of hydrogen-bond acceptors (Lipinski definition) is 0. The van der Waals surface area contributed by atoms with Crippen molar-refractivity contribution < 1.29 is 0 Å². The van der Waals surface area contributed by atoms with Gasteiger partial charge in [0.05, 0.1) is 0 Å². The molecule has 0 saturated heterocycles. The van der Waals surface area contributed by atoms with Crippen molar-refractivity contribution in [3.63, 3.8) is 0 Å². The van der Waals surface area contributed by atoms with Crippen molar-refractivity contribution in [2.45, 2.75) is 0 Å². The summed E-state index contributed by atoms with van der Waals surface area (Å²) in [5, 5.41) is 0. The molecule has 1 aliphatic rings. The SMILES string of the molecule is [CH]1c2ccccc2-c2ccccc2-c2ccccc21. The van der Waals surface area contributed by atoms with Crippen LogP contribution in [0.5, 0.6) is 0 Å². The Labute approximate surface area is 113 Å². The van der Waals surface area contributed by atoms with E-state index in [1.54, 1.807) is 0 Å². The summed E-state index contributed by atoms with van der Waals surface area (Å²) in [5.74, 6) is 0. The van der Waals surface area contributed by atoms with E-state index in [-0.39, 0.29) is 0 Å². The Balaban J connectivity index is 2.13. The first-order chi connectivity index (χ1) is 9.43. The zero-order valence-electron chi connectivity index (χ0n) is 10.5. The second-order valence-electron chi connectivity index (χ2n) is 4.86. The lowest BCUT2D eigenvalue weighted by molar-refractivity contribution is 1.46. The van der Waals surface area contributed by atoms with Gasteiger partial charge in [0.2, 0.25) is 0 Å². The molecule has 0 saturated carbocycles. The van der Waals surface area contributed by atoms with Gasteiger partial charge < -0.3 is 0 Å². The molecule has 0 bridgehead atoms. The van der Waals surface area contributed by atoms with Crippen LogP contribution in [0.1, 0.15) is 11.1 Å². The quantitative estimate of drug-likeness (QED) is 0.409. The fourth-order valence-electron chi connectivity index (χ4n) is 2.86. The fraction of sp³-hybridized carbons (Fsp3) is 0. The van der Waals surface area contributed by atoms with Crippen molar-refractivity contribution >= 4 is 0 Å². The molecule has 0 aromatic heterocycles. The van der Waals surface area contributed by atoms with Gasteiger partial charge in [-0.25, -0.2) is 0 Å². The standard InChI is InChI=1S/C19H13/c1-3-9-16-14(7-1)13-15-8-2-4-10-17(15)19-12-6-5-11-18(16)19/h1-13H. The highest BCUT2D eigenvalue weighted by Gasteiger charge is 2.17. The number of hydrogen-bond donors (Lipinski definition) is 0. The van der Waals surface area contributed by atoms with E-state index >= 15 is 0 Å². The van der Waals surface area contributed by atoms with E-state index in [1.807, 2.05) is 0 Å². The van der Waals surface area contributed by atoms with Crippen molar-refractivity contribution in [1.82, 2.24) is 0 Å². The van der Waals surface area contributed by atoms with Gasteiger partial charge in [0.25, 0.3) is 0 Å². The van der Waals surface area contributed by atoms with E-state index in [0.717, 1.165) is 0 Å². The first-order valence-electron chi connectivity index (χ1n) is 6.56. The van der Waals surface area contributed by atoms with E-state index < -0.39 is 0 Å². The molecule has 0 unspecified atom stereocenters. The summed E-state index contributed by atoms with van der Waals surface area (Å²) in [4.78, 5) is 0. The van der Waals surface area contributed by atoms with Gasteiger partial charge in [-0.3, -0.25) is 0 Å². The first kappa shape index (κ1) is 10.6. The Hall–Kier alpha value is -2.34. The summed E-state index contributed by atoms with van der Waals surface area (Å²) in [6.45, 7) is 0. The van der Waals surface area contributed by atoms with Crippen LogP contribution in [-0.4, -0.2) is 0 Å². The Morgan fingerprint density at radius 1 is 0.368 bits per heavy atom. The van der Waals surface area contributed by atoms with Crippen molar-refractivity contribution in [2.75, 3.05) is 0 Å². The van der Waals surface area contributed by atoms with Gasteiger partial charge in [-0.15, -0.1) is 0 Å². The average molecular weight is 241 g/mol. The fourth-order valence-corrected chi connectivity index (χ4v) is 2.86. The number of fused-ring (bicyclic) bond motifs is 5. The minimum Gasteiger partial charge on any atom is -0.0619 e. The number of benzene rings is 3. The van der Waals surface area contributed by atoms with Gasteiger partial charge in [-0.05, 0) is 33.4 Å².